The van der Waals surface area contributed by atoms with Crippen molar-refractivity contribution in [2.75, 3.05) is 27.2 Å². The minimum atomic E-state index is 0.147. The van der Waals surface area contributed by atoms with Gasteiger partial charge in [-0.05, 0) is 31.2 Å². The van der Waals surface area contributed by atoms with E-state index in [1.807, 2.05) is 26.2 Å². The Balaban J connectivity index is 2.34. The fourth-order valence-corrected chi connectivity index (χ4v) is 1.51. The van der Waals surface area contributed by atoms with Crippen molar-refractivity contribution < 1.29 is 9.90 Å². The standard InChI is InChI=1S/C13H20N2O2/c1-14-9-10-15(2)13(17)8-5-11-3-6-12(16)7-4-11/h3-4,6-7,14,16H,5,8-10H2,1-2H3. The fraction of sp³-hybridized carbons (Fsp3) is 0.462. The van der Waals surface area contributed by atoms with E-state index in [-0.39, 0.29) is 11.7 Å². The van der Waals surface area contributed by atoms with Crippen LogP contribution in [0, 0.1) is 0 Å². The highest BCUT2D eigenvalue weighted by Crippen LogP contribution is 2.11. The molecule has 1 aromatic rings. The first-order chi connectivity index (χ1) is 8.13. The highest BCUT2D eigenvalue weighted by atomic mass is 16.3. The maximum absolute atomic E-state index is 11.7. The lowest BCUT2D eigenvalue weighted by Crippen LogP contribution is -2.32. The first kappa shape index (κ1) is 13.5. The summed E-state index contributed by atoms with van der Waals surface area (Å²) in [4.78, 5) is 13.5. The maximum atomic E-state index is 11.7. The maximum Gasteiger partial charge on any atom is 0.222 e. The van der Waals surface area contributed by atoms with Gasteiger partial charge in [-0.25, -0.2) is 0 Å². The molecule has 0 aliphatic rings. The van der Waals surface area contributed by atoms with E-state index in [0.717, 1.165) is 18.7 Å². The zero-order valence-corrected chi connectivity index (χ0v) is 10.4. The summed E-state index contributed by atoms with van der Waals surface area (Å²) in [5, 5.41) is 12.1. The number of carbonyl (C=O) groups is 1. The first-order valence-electron chi connectivity index (χ1n) is 5.80. The molecule has 0 aliphatic heterocycles. The van der Waals surface area contributed by atoms with Gasteiger partial charge in [0.25, 0.3) is 0 Å². The molecule has 1 aromatic carbocycles. The van der Waals surface area contributed by atoms with Crippen LogP contribution in [0.25, 0.3) is 0 Å². The lowest BCUT2D eigenvalue weighted by Gasteiger charge is -2.16. The minimum Gasteiger partial charge on any atom is -0.508 e. The summed E-state index contributed by atoms with van der Waals surface area (Å²) in [5.41, 5.74) is 1.07. The number of benzene rings is 1. The highest BCUT2D eigenvalue weighted by Gasteiger charge is 2.07. The summed E-state index contributed by atoms with van der Waals surface area (Å²) in [6, 6.07) is 6.97. The number of phenolic OH excluding ortho intramolecular Hbond substituents is 1. The molecule has 1 amide bonds. The van der Waals surface area contributed by atoms with E-state index in [1.54, 1.807) is 17.0 Å². The smallest absolute Gasteiger partial charge is 0.222 e. The van der Waals surface area contributed by atoms with Gasteiger partial charge in [0, 0.05) is 26.6 Å². The SMILES string of the molecule is CNCCN(C)C(=O)CCc1ccc(O)cc1. The molecule has 4 heteroatoms. The van der Waals surface area contributed by atoms with Crippen LogP contribution in [-0.2, 0) is 11.2 Å². The van der Waals surface area contributed by atoms with Crippen LogP contribution >= 0.6 is 0 Å². The Labute approximate surface area is 102 Å². The van der Waals surface area contributed by atoms with Crippen LogP contribution in [0.3, 0.4) is 0 Å². The van der Waals surface area contributed by atoms with E-state index in [1.165, 1.54) is 0 Å². The van der Waals surface area contributed by atoms with Gasteiger partial charge in [-0.1, -0.05) is 12.1 Å². The average Bonchev–Trinajstić information content (AvgIpc) is 2.34. The Bertz CT molecular complexity index is 349. The van der Waals surface area contributed by atoms with E-state index in [4.69, 9.17) is 5.11 Å². The van der Waals surface area contributed by atoms with Crippen molar-refractivity contribution in [3.63, 3.8) is 0 Å². The van der Waals surface area contributed by atoms with Gasteiger partial charge in [-0.3, -0.25) is 4.79 Å². The third-order valence-corrected chi connectivity index (χ3v) is 2.69. The molecule has 0 spiro atoms. The third-order valence-electron chi connectivity index (χ3n) is 2.69. The Morgan fingerprint density at radius 1 is 1.35 bits per heavy atom. The Morgan fingerprint density at radius 2 is 2.00 bits per heavy atom. The van der Waals surface area contributed by atoms with Crippen molar-refractivity contribution in [3.8, 4) is 5.75 Å². The lowest BCUT2D eigenvalue weighted by atomic mass is 10.1. The number of nitrogens with one attached hydrogen (secondary N) is 1. The van der Waals surface area contributed by atoms with E-state index in [0.29, 0.717) is 12.8 Å². The second-order valence-electron chi connectivity index (χ2n) is 4.09. The van der Waals surface area contributed by atoms with Crippen LogP contribution in [0.4, 0.5) is 0 Å². The van der Waals surface area contributed by atoms with Gasteiger partial charge in [0.2, 0.25) is 5.91 Å². The monoisotopic (exact) mass is 236 g/mol. The second kappa shape index (κ2) is 6.91. The number of rotatable bonds is 6. The average molecular weight is 236 g/mol. The molecular formula is C13H20N2O2. The molecule has 94 valence electrons. The molecule has 1 rings (SSSR count). The normalized spacial score (nSPS) is 10.2. The molecule has 17 heavy (non-hydrogen) atoms. The Hall–Kier alpha value is -1.55. The largest absolute Gasteiger partial charge is 0.508 e. The fourth-order valence-electron chi connectivity index (χ4n) is 1.51. The van der Waals surface area contributed by atoms with Crippen LogP contribution in [0.5, 0.6) is 5.75 Å². The molecule has 0 bridgehead atoms. The van der Waals surface area contributed by atoms with Gasteiger partial charge < -0.3 is 15.3 Å². The van der Waals surface area contributed by atoms with Crippen LogP contribution < -0.4 is 5.32 Å². The third kappa shape index (κ3) is 4.87. The number of hydrogen-bond acceptors (Lipinski definition) is 3. The van der Waals surface area contributed by atoms with Crippen molar-refractivity contribution in [3.05, 3.63) is 29.8 Å². The van der Waals surface area contributed by atoms with Gasteiger partial charge in [-0.15, -0.1) is 0 Å². The van der Waals surface area contributed by atoms with E-state index >= 15 is 0 Å². The Kier molecular flexibility index (Phi) is 5.49. The van der Waals surface area contributed by atoms with Gasteiger partial charge >= 0.3 is 0 Å². The predicted molar refractivity (Wildman–Crippen MR) is 68.0 cm³/mol. The van der Waals surface area contributed by atoms with Gasteiger partial charge in [0.15, 0.2) is 0 Å². The molecule has 0 saturated heterocycles. The molecular weight excluding hydrogens is 216 g/mol. The van der Waals surface area contributed by atoms with Crippen molar-refractivity contribution in [2.45, 2.75) is 12.8 Å². The number of aromatic hydroxyl groups is 1. The summed E-state index contributed by atoms with van der Waals surface area (Å²) in [6.45, 7) is 1.53. The summed E-state index contributed by atoms with van der Waals surface area (Å²) in [5.74, 6) is 0.402. The van der Waals surface area contributed by atoms with Crippen molar-refractivity contribution in [2.24, 2.45) is 0 Å². The molecule has 0 radical (unpaired) electrons. The van der Waals surface area contributed by atoms with E-state index < -0.39 is 0 Å². The van der Waals surface area contributed by atoms with E-state index in [2.05, 4.69) is 5.32 Å². The highest BCUT2D eigenvalue weighted by molar-refractivity contribution is 5.76. The zero-order valence-electron chi connectivity index (χ0n) is 10.4. The van der Waals surface area contributed by atoms with Crippen molar-refractivity contribution in [1.29, 1.82) is 0 Å². The number of likely N-dealkylation sites (N-methyl/N-ethyl adjacent to an activating group) is 2. The summed E-state index contributed by atoms with van der Waals surface area (Å²) in [6.07, 6.45) is 1.22. The molecule has 2 N–H and O–H groups in total. The predicted octanol–water partition coefficient (Wildman–Crippen LogP) is 1.00. The molecule has 0 unspecified atom stereocenters. The molecule has 0 fully saturated rings. The quantitative estimate of drug-likeness (QED) is 0.775. The van der Waals surface area contributed by atoms with Crippen LogP contribution in [-0.4, -0.2) is 43.1 Å². The number of amides is 1. The molecule has 0 aliphatic carbocycles. The number of phenols is 1. The van der Waals surface area contributed by atoms with Gasteiger partial charge in [0.1, 0.15) is 5.75 Å². The van der Waals surface area contributed by atoms with Crippen molar-refractivity contribution in [1.82, 2.24) is 10.2 Å². The number of hydrogen-bond donors (Lipinski definition) is 2. The zero-order chi connectivity index (χ0) is 12.7. The van der Waals surface area contributed by atoms with Crippen LogP contribution in [0.2, 0.25) is 0 Å². The lowest BCUT2D eigenvalue weighted by molar-refractivity contribution is -0.129. The first-order valence-corrected chi connectivity index (χ1v) is 5.80. The summed E-state index contributed by atoms with van der Waals surface area (Å²) >= 11 is 0. The molecule has 4 nitrogen and oxygen atoms in total. The molecule has 0 heterocycles. The molecule has 0 saturated carbocycles. The number of carbonyl (C=O) groups excluding carboxylic acids is 1. The van der Waals surface area contributed by atoms with Gasteiger partial charge in [0.05, 0.1) is 0 Å². The van der Waals surface area contributed by atoms with Crippen molar-refractivity contribution >= 4 is 5.91 Å². The molecule has 0 atom stereocenters. The van der Waals surface area contributed by atoms with Gasteiger partial charge in [-0.2, -0.15) is 0 Å². The van der Waals surface area contributed by atoms with E-state index in [9.17, 15) is 4.79 Å². The Morgan fingerprint density at radius 3 is 2.59 bits per heavy atom. The number of nitrogens with zero attached hydrogens (tertiary/aromatic N) is 1. The topological polar surface area (TPSA) is 52.6 Å². The summed E-state index contributed by atoms with van der Waals surface area (Å²) < 4.78 is 0. The number of aryl methyl sites for hydroxylation is 1. The second-order valence-corrected chi connectivity index (χ2v) is 4.09. The summed E-state index contributed by atoms with van der Waals surface area (Å²) in [7, 11) is 3.69. The van der Waals surface area contributed by atoms with Crippen LogP contribution in [0.1, 0.15) is 12.0 Å². The van der Waals surface area contributed by atoms with Crippen LogP contribution in [0.15, 0.2) is 24.3 Å². The minimum absolute atomic E-state index is 0.147. The molecule has 0 aromatic heterocycles.